The van der Waals surface area contributed by atoms with Crippen LogP contribution in [-0.2, 0) is 34.2 Å². The maximum absolute atomic E-state index is 12.9. The first-order valence-corrected chi connectivity index (χ1v) is 11.5. The van der Waals surface area contributed by atoms with E-state index in [1.807, 2.05) is 48.5 Å². The van der Waals surface area contributed by atoms with Crippen molar-refractivity contribution >= 4 is 21.6 Å². The maximum Gasteiger partial charge on any atom is 0.243 e. The van der Waals surface area contributed by atoms with Crippen molar-refractivity contribution in [3.05, 3.63) is 95.6 Å². The number of rotatable bonds is 6. The molecule has 5 nitrogen and oxygen atoms in total. The van der Waals surface area contributed by atoms with Crippen molar-refractivity contribution in [3.8, 4) is 0 Å². The van der Waals surface area contributed by atoms with Gasteiger partial charge in [-0.1, -0.05) is 54.6 Å². The molecule has 0 fully saturated rings. The lowest BCUT2D eigenvalue weighted by Gasteiger charge is -2.28. The number of benzene rings is 3. The van der Waals surface area contributed by atoms with Gasteiger partial charge in [-0.05, 0) is 53.8 Å². The van der Waals surface area contributed by atoms with Gasteiger partial charge in [-0.15, -0.1) is 0 Å². The fourth-order valence-electron chi connectivity index (χ4n) is 3.68. The predicted octanol–water partition coefficient (Wildman–Crippen LogP) is 4.00. The first-order valence-electron chi connectivity index (χ1n) is 10.0. The molecule has 0 spiro atoms. The van der Waals surface area contributed by atoms with Crippen LogP contribution in [0.1, 0.15) is 23.1 Å². The van der Waals surface area contributed by atoms with E-state index in [-0.39, 0.29) is 5.91 Å². The molecule has 1 N–H and O–H groups in total. The summed E-state index contributed by atoms with van der Waals surface area (Å²) in [5.41, 5.74) is 3.88. The number of sulfonamides is 1. The third-order valence-corrected chi connectivity index (χ3v) is 7.19. The van der Waals surface area contributed by atoms with Crippen molar-refractivity contribution in [1.82, 2.24) is 4.31 Å². The summed E-state index contributed by atoms with van der Waals surface area (Å²) in [6.45, 7) is 0.757. The van der Waals surface area contributed by atoms with Crippen LogP contribution in [-0.4, -0.2) is 25.2 Å². The van der Waals surface area contributed by atoms with Gasteiger partial charge in [-0.2, -0.15) is 4.31 Å². The normalized spacial score (nSPS) is 14.1. The second-order valence-electron chi connectivity index (χ2n) is 7.42. The number of hydrogen-bond acceptors (Lipinski definition) is 3. The van der Waals surface area contributed by atoms with Gasteiger partial charge in [0.15, 0.2) is 0 Å². The van der Waals surface area contributed by atoms with E-state index >= 15 is 0 Å². The Morgan fingerprint density at radius 3 is 2.33 bits per heavy atom. The molecule has 4 rings (SSSR count). The lowest BCUT2D eigenvalue weighted by Crippen LogP contribution is -2.36. The van der Waals surface area contributed by atoms with Crippen LogP contribution in [0.15, 0.2) is 83.8 Å². The fourth-order valence-corrected chi connectivity index (χ4v) is 5.12. The minimum Gasteiger partial charge on any atom is -0.326 e. The molecule has 0 saturated carbocycles. The summed E-state index contributed by atoms with van der Waals surface area (Å²) in [5.74, 6) is -0.0524. The van der Waals surface area contributed by atoms with Crippen LogP contribution >= 0.6 is 0 Å². The van der Waals surface area contributed by atoms with E-state index < -0.39 is 10.0 Å². The highest BCUT2D eigenvalue weighted by Gasteiger charge is 2.28. The van der Waals surface area contributed by atoms with Crippen LogP contribution in [0.4, 0.5) is 5.69 Å². The molecule has 0 radical (unpaired) electrons. The zero-order valence-electron chi connectivity index (χ0n) is 16.6. The standard InChI is InChI=1S/C24H24N2O3S/c27-24(14-11-19-7-3-1-4-8-19)25-22-13-12-20-15-16-26(18-21(20)17-22)30(28,29)23-9-5-2-6-10-23/h1-10,12-13,17H,11,14-16,18H2,(H,25,27). The number of fused-ring (bicyclic) bond motifs is 1. The Bertz CT molecular complexity index is 1130. The third-order valence-electron chi connectivity index (χ3n) is 5.33. The monoisotopic (exact) mass is 420 g/mol. The molecule has 30 heavy (non-hydrogen) atoms. The van der Waals surface area contributed by atoms with Crippen LogP contribution in [0.5, 0.6) is 0 Å². The SMILES string of the molecule is O=C(CCc1ccccc1)Nc1ccc2c(c1)CN(S(=O)(=O)c1ccccc1)CC2. The molecule has 1 aliphatic rings. The molecule has 1 aliphatic heterocycles. The first-order chi connectivity index (χ1) is 14.5. The zero-order valence-corrected chi connectivity index (χ0v) is 17.4. The molecule has 0 atom stereocenters. The van der Waals surface area contributed by atoms with Crippen LogP contribution < -0.4 is 5.32 Å². The summed E-state index contributed by atoms with van der Waals surface area (Å²) in [7, 11) is -3.53. The quantitative estimate of drug-likeness (QED) is 0.655. The second kappa shape index (κ2) is 8.81. The van der Waals surface area contributed by atoms with Gasteiger partial charge in [-0.3, -0.25) is 4.79 Å². The molecule has 1 amide bonds. The number of amides is 1. The Hall–Kier alpha value is -2.96. The van der Waals surface area contributed by atoms with Gasteiger partial charge in [0.1, 0.15) is 0 Å². The predicted molar refractivity (Wildman–Crippen MR) is 118 cm³/mol. The molecule has 3 aromatic rings. The Morgan fingerprint density at radius 2 is 1.60 bits per heavy atom. The van der Waals surface area contributed by atoms with Crippen molar-refractivity contribution in [2.75, 3.05) is 11.9 Å². The average Bonchev–Trinajstić information content (AvgIpc) is 2.78. The number of nitrogens with zero attached hydrogens (tertiary/aromatic N) is 1. The molecule has 0 aromatic heterocycles. The number of carbonyl (C=O) groups is 1. The first kappa shape index (κ1) is 20.3. The van der Waals surface area contributed by atoms with Gasteiger partial charge in [0.05, 0.1) is 4.90 Å². The average molecular weight is 421 g/mol. The molecule has 3 aromatic carbocycles. The maximum atomic E-state index is 12.9. The molecule has 0 bridgehead atoms. The van der Waals surface area contributed by atoms with Gasteiger partial charge in [-0.25, -0.2) is 8.42 Å². The molecule has 154 valence electrons. The Kier molecular flexibility index (Phi) is 5.97. The van der Waals surface area contributed by atoms with Crippen LogP contribution in [0.2, 0.25) is 0 Å². The van der Waals surface area contributed by atoms with E-state index in [1.165, 1.54) is 4.31 Å². The van der Waals surface area contributed by atoms with E-state index in [1.54, 1.807) is 30.3 Å². The number of aryl methyl sites for hydroxylation is 1. The van der Waals surface area contributed by atoms with Gasteiger partial charge in [0.25, 0.3) is 0 Å². The van der Waals surface area contributed by atoms with E-state index in [4.69, 9.17) is 0 Å². The molecule has 0 unspecified atom stereocenters. The Balaban J connectivity index is 1.43. The van der Waals surface area contributed by atoms with E-state index in [0.717, 1.165) is 16.7 Å². The summed E-state index contributed by atoms with van der Waals surface area (Å²) in [6, 6.07) is 24.2. The highest BCUT2D eigenvalue weighted by molar-refractivity contribution is 7.89. The Morgan fingerprint density at radius 1 is 0.900 bits per heavy atom. The van der Waals surface area contributed by atoms with Crippen molar-refractivity contribution in [2.24, 2.45) is 0 Å². The molecule has 1 heterocycles. The summed E-state index contributed by atoms with van der Waals surface area (Å²) in [5, 5.41) is 2.94. The smallest absolute Gasteiger partial charge is 0.243 e. The highest BCUT2D eigenvalue weighted by Crippen LogP contribution is 2.27. The molecule has 0 aliphatic carbocycles. The Labute approximate surface area is 177 Å². The summed E-state index contributed by atoms with van der Waals surface area (Å²) in [6.07, 6.45) is 1.74. The number of nitrogens with one attached hydrogen (secondary N) is 1. The van der Waals surface area contributed by atoms with Gasteiger partial charge < -0.3 is 5.32 Å². The van der Waals surface area contributed by atoms with Crippen LogP contribution in [0.25, 0.3) is 0 Å². The largest absolute Gasteiger partial charge is 0.326 e. The van der Waals surface area contributed by atoms with Crippen molar-refractivity contribution < 1.29 is 13.2 Å². The highest BCUT2D eigenvalue weighted by atomic mass is 32.2. The van der Waals surface area contributed by atoms with Crippen LogP contribution in [0.3, 0.4) is 0 Å². The minimum atomic E-state index is -3.53. The van der Waals surface area contributed by atoms with Gasteiger partial charge >= 0.3 is 0 Å². The van der Waals surface area contributed by atoms with Crippen molar-refractivity contribution in [3.63, 3.8) is 0 Å². The lowest BCUT2D eigenvalue weighted by atomic mass is 10.0. The molecular weight excluding hydrogens is 396 g/mol. The van der Waals surface area contributed by atoms with Crippen molar-refractivity contribution in [2.45, 2.75) is 30.7 Å². The minimum absolute atomic E-state index is 0.0524. The lowest BCUT2D eigenvalue weighted by molar-refractivity contribution is -0.116. The van der Waals surface area contributed by atoms with Gasteiger partial charge in [0, 0.05) is 25.2 Å². The number of hydrogen-bond donors (Lipinski definition) is 1. The van der Waals surface area contributed by atoms with E-state index in [0.29, 0.717) is 42.9 Å². The van der Waals surface area contributed by atoms with E-state index in [2.05, 4.69) is 5.32 Å². The fraction of sp³-hybridized carbons (Fsp3) is 0.208. The topological polar surface area (TPSA) is 66.5 Å². The second-order valence-corrected chi connectivity index (χ2v) is 9.36. The zero-order chi connectivity index (χ0) is 21.0. The molecule has 6 heteroatoms. The molecular formula is C24H24N2O3S. The van der Waals surface area contributed by atoms with E-state index in [9.17, 15) is 13.2 Å². The van der Waals surface area contributed by atoms with Crippen molar-refractivity contribution in [1.29, 1.82) is 0 Å². The molecule has 0 saturated heterocycles. The summed E-state index contributed by atoms with van der Waals surface area (Å²) < 4.78 is 27.4. The number of anilines is 1. The third kappa shape index (κ3) is 4.61. The van der Waals surface area contributed by atoms with Crippen LogP contribution in [0, 0.1) is 0 Å². The summed E-state index contributed by atoms with van der Waals surface area (Å²) >= 11 is 0. The van der Waals surface area contributed by atoms with Gasteiger partial charge in [0.2, 0.25) is 15.9 Å². The number of carbonyl (C=O) groups excluding carboxylic acids is 1. The summed E-state index contributed by atoms with van der Waals surface area (Å²) in [4.78, 5) is 12.6.